The van der Waals surface area contributed by atoms with Gasteiger partial charge in [-0.3, -0.25) is 4.79 Å². The fraction of sp³-hybridized carbons (Fsp3) is 0.0435. The number of nitrogens with zero attached hydrogens (tertiary/aromatic N) is 4. The molecule has 30 heavy (non-hydrogen) atoms. The number of rotatable bonds is 4. The van der Waals surface area contributed by atoms with Crippen molar-refractivity contribution < 1.29 is 9.53 Å². The Balaban J connectivity index is 1.53. The van der Waals surface area contributed by atoms with Crippen molar-refractivity contribution in [2.45, 2.75) is 6.61 Å². The molecule has 0 bridgehead atoms. The molecular formula is C23H16N4O3. The van der Waals surface area contributed by atoms with E-state index < -0.39 is 5.97 Å². The molecule has 0 saturated carbocycles. The van der Waals surface area contributed by atoms with Crippen molar-refractivity contribution in [1.29, 1.82) is 0 Å². The molecule has 0 radical (unpaired) electrons. The lowest BCUT2D eigenvalue weighted by molar-refractivity contribution is 0.0462. The van der Waals surface area contributed by atoms with Crippen LogP contribution in [0.25, 0.3) is 22.1 Å². The maximum absolute atomic E-state index is 12.9. The third kappa shape index (κ3) is 3.12. The Labute approximate surface area is 170 Å². The van der Waals surface area contributed by atoms with E-state index in [0.29, 0.717) is 22.2 Å². The van der Waals surface area contributed by atoms with Crippen molar-refractivity contribution in [3.63, 3.8) is 0 Å². The summed E-state index contributed by atoms with van der Waals surface area (Å²) in [5.41, 5.74) is 1.74. The lowest BCUT2D eigenvalue weighted by Crippen LogP contribution is -2.25. The Morgan fingerprint density at radius 1 is 0.900 bits per heavy atom. The number of pyridine rings is 1. The summed E-state index contributed by atoms with van der Waals surface area (Å²) in [6.45, 7) is 0.000976. The molecule has 0 saturated heterocycles. The molecule has 146 valence electrons. The first kappa shape index (κ1) is 17.8. The van der Waals surface area contributed by atoms with Crippen LogP contribution in [0.3, 0.4) is 0 Å². The van der Waals surface area contributed by atoms with Crippen molar-refractivity contribution in [1.82, 2.24) is 19.2 Å². The van der Waals surface area contributed by atoms with Crippen LogP contribution in [-0.2, 0) is 11.3 Å². The summed E-state index contributed by atoms with van der Waals surface area (Å²) in [6.07, 6.45) is 3.68. The fourth-order valence-electron chi connectivity index (χ4n) is 3.35. The molecule has 0 atom stereocenters. The van der Waals surface area contributed by atoms with Crippen molar-refractivity contribution in [2.75, 3.05) is 0 Å². The molecular weight excluding hydrogens is 380 g/mol. The summed E-state index contributed by atoms with van der Waals surface area (Å²) < 4.78 is 8.57. The Hall–Kier alpha value is -4.26. The highest BCUT2D eigenvalue weighted by molar-refractivity contribution is 6.02. The minimum absolute atomic E-state index is 0.000976. The van der Waals surface area contributed by atoms with Crippen LogP contribution in [0, 0.1) is 0 Å². The highest BCUT2D eigenvalue weighted by Crippen LogP contribution is 2.17. The van der Waals surface area contributed by atoms with E-state index in [9.17, 15) is 9.59 Å². The average Bonchev–Trinajstić information content (AvgIpc) is 3.21. The van der Waals surface area contributed by atoms with Crippen LogP contribution in [0.5, 0.6) is 0 Å². The van der Waals surface area contributed by atoms with Gasteiger partial charge < -0.3 is 9.14 Å². The molecule has 0 aliphatic carbocycles. The van der Waals surface area contributed by atoms with Gasteiger partial charge in [0.1, 0.15) is 12.3 Å². The average molecular weight is 396 g/mol. The quantitative estimate of drug-likeness (QED) is 0.435. The van der Waals surface area contributed by atoms with E-state index in [1.165, 1.54) is 4.68 Å². The minimum atomic E-state index is -0.618. The summed E-state index contributed by atoms with van der Waals surface area (Å²) in [7, 11) is 0. The highest BCUT2D eigenvalue weighted by Gasteiger charge is 2.19. The zero-order valence-electron chi connectivity index (χ0n) is 15.8. The second-order valence-corrected chi connectivity index (χ2v) is 6.72. The molecule has 0 amide bonds. The van der Waals surface area contributed by atoms with Gasteiger partial charge in [-0.2, -0.15) is 9.78 Å². The number of para-hydroxylation sites is 1. The van der Waals surface area contributed by atoms with Crippen molar-refractivity contribution in [2.24, 2.45) is 0 Å². The third-order valence-electron chi connectivity index (χ3n) is 4.76. The number of esters is 1. The molecule has 3 heterocycles. The Kier molecular flexibility index (Phi) is 4.33. The van der Waals surface area contributed by atoms with Crippen molar-refractivity contribution in [3.8, 4) is 5.69 Å². The molecule has 7 heteroatoms. The second kappa shape index (κ2) is 7.29. The number of benzene rings is 2. The zero-order chi connectivity index (χ0) is 20.5. The van der Waals surface area contributed by atoms with Gasteiger partial charge in [-0.1, -0.05) is 42.5 Å². The Morgan fingerprint density at radius 3 is 2.43 bits per heavy atom. The number of hydrogen-bond donors (Lipinski definition) is 0. The van der Waals surface area contributed by atoms with Crippen molar-refractivity contribution in [3.05, 3.63) is 107 Å². The predicted octanol–water partition coefficient (Wildman–Crippen LogP) is 3.39. The van der Waals surface area contributed by atoms with Gasteiger partial charge in [-0.15, -0.1) is 0 Å². The lowest BCUT2D eigenvalue weighted by Gasteiger charge is -2.10. The van der Waals surface area contributed by atoms with Gasteiger partial charge in [-0.05, 0) is 30.3 Å². The van der Waals surface area contributed by atoms with Crippen LogP contribution >= 0.6 is 0 Å². The molecule has 0 unspecified atom stereocenters. The predicted molar refractivity (Wildman–Crippen MR) is 112 cm³/mol. The van der Waals surface area contributed by atoms with Gasteiger partial charge in [0.2, 0.25) is 0 Å². The molecule has 0 aliphatic rings. The van der Waals surface area contributed by atoms with Gasteiger partial charge in [0.05, 0.1) is 16.8 Å². The van der Waals surface area contributed by atoms with Gasteiger partial charge in [0, 0.05) is 17.8 Å². The largest absolute Gasteiger partial charge is 0.454 e. The molecule has 5 aromatic rings. The number of ether oxygens (including phenoxy) is 1. The van der Waals surface area contributed by atoms with Crippen LogP contribution < -0.4 is 5.56 Å². The first-order chi connectivity index (χ1) is 14.7. The maximum atomic E-state index is 12.9. The van der Waals surface area contributed by atoms with E-state index in [0.717, 1.165) is 5.65 Å². The molecule has 3 aromatic heterocycles. The number of hydrogen-bond acceptors (Lipinski definition) is 5. The van der Waals surface area contributed by atoms with E-state index >= 15 is 0 Å². The maximum Gasteiger partial charge on any atom is 0.359 e. The smallest absolute Gasteiger partial charge is 0.359 e. The fourth-order valence-corrected chi connectivity index (χ4v) is 3.35. The van der Waals surface area contributed by atoms with Gasteiger partial charge >= 0.3 is 5.97 Å². The standard InChI is InChI=1S/C23H16N4O3/c28-22-19-11-5-4-10-18(19)21(25-27(22)17-8-2-1-3-9-17)23(29)30-15-16-14-26-13-7-6-12-20(26)24-16/h1-14H,15H2. The number of carbonyl (C=O) groups excluding carboxylic acids is 1. The van der Waals surface area contributed by atoms with E-state index in [4.69, 9.17) is 4.74 Å². The Bertz CT molecular complexity index is 1400. The van der Waals surface area contributed by atoms with Crippen LogP contribution in [0.1, 0.15) is 16.2 Å². The summed E-state index contributed by atoms with van der Waals surface area (Å²) in [6, 6.07) is 21.5. The molecule has 7 nitrogen and oxygen atoms in total. The lowest BCUT2D eigenvalue weighted by atomic mass is 10.1. The molecule has 0 N–H and O–H groups in total. The molecule has 5 rings (SSSR count). The number of aromatic nitrogens is 4. The molecule has 0 aliphatic heterocycles. The normalized spacial score (nSPS) is 11.1. The van der Waals surface area contributed by atoms with E-state index in [-0.39, 0.29) is 17.9 Å². The van der Waals surface area contributed by atoms with Crippen molar-refractivity contribution >= 4 is 22.4 Å². The van der Waals surface area contributed by atoms with Crippen LogP contribution in [0.4, 0.5) is 0 Å². The summed E-state index contributed by atoms with van der Waals surface area (Å²) in [4.78, 5) is 30.3. The van der Waals surface area contributed by atoms with E-state index in [1.54, 1.807) is 54.7 Å². The number of fused-ring (bicyclic) bond motifs is 2. The van der Waals surface area contributed by atoms with Crippen LogP contribution in [-0.4, -0.2) is 25.1 Å². The van der Waals surface area contributed by atoms with E-state index in [2.05, 4.69) is 10.1 Å². The first-order valence-electron chi connectivity index (χ1n) is 9.38. The Morgan fingerprint density at radius 2 is 1.63 bits per heavy atom. The van der Waals surface area contributed by atoms with Crippen LogP contribution in [0.15, 0.2) is 90.0 Å². The number of carbonyl (C=O) groups is 1. The van der Waals surface area contributed by atoms with Gasteiger partial charge in [0.15, 0.2) is 5.69 Å². The molecule has 2 aromatic carbocycles. The SMILES string of the molecule is O=C(OCc1cn2ccccc2n1)c1nn(-c2ccccc2)c(=O)c2ccccc12. The zero-order valence-corrected chi connectivity index (χ0v) is 15.8. The molecule has 0 fully saturated rings. The second-order valence-electron chi connectivity index (χ2n) is 6.72. The summed E-state index contributed by atoms with van der Waals surface area (Å²) >= 11 is 0. The summed E-state index contributed by atoms with van der Waals surface area (Å²) in [5, 5.41) is 5.18. The third-order valence-corrected chi connectivity index (χ3v) is 4.76. The van der Waals surface area contributed by atoms with Crippen LogP contribution in [0.2, 0.25) is 0 Å². The van der Waals surface area contributed by atoms with E-state index in [1.807, 2.05) is 34.9 Å². The monoisotopic (exact) mass is 396 g/mol. The first-order valence-corrected chi connectivity index (χ1v) is 9.38. The minimum Gasteiger partial charge on any atom is -0.454 e. The van der Waals surface area contributed by atoms with Gasteiger partial charge in [0.25, 0.3) is 5.56 Å². The summed E-state index contributed by atoms with van der Waals surface area (Å²) in [5.74, 6) is -0.618. The number of imidazole rings is 1. The van der Waals surface area contributed by atoms with Gasteiger partial charge in [-0.25, -0.2) is 9.78 Å². The molecule has 0 spiro atoms. The topological polar surface area (TPSA) is 78.5 Å². The highest BCUT2D eigenvalue weighted by atomic mass is 16.5.